The number of methoxy groups -OCH3 is 1. The van der Waals surface area contributed by atoms with E-state index in [1.807, 2.05) is 7.11 Å². The van der Waals surface area contributed by atoms with Gasteiger partial charge in [-0.15, -0.1) is 0 Å². The molecule has 0 spiro atoms. The molecular weight excluding hydrogens is 224 g/mol. The summed E-state index contributed by atoms with van der Waals surface area (Å²) < 4.78 is 5.31. The summed E-state index contributed by atoms with van der Waals surface area (Å²) >= 11 is 0. The van der Waals surface area contributed by atoms with Gasteiger partial charge in [0.1, 0.15) is 0 Å². The van der Waals surface area contributed by atoms with Crippen molar-refractivity contribution in [3.05, 3.63) is 0 Å². The van der Waals surface area contributed by atoms with Crippen LogP contribution in [0.5, 0.6) is 0 Å². The van der Waals surface area contributed by atoms with Gasteiger partial charge >= 0.3 is 0 Å². The zero-order valence-corrected chi connectivity index (χ0v) is 12.3. The van der Waals surface area contributed by atoms with Gasteiger partial charge in [-0.25, -0.2) is 0 Å². The van der Waals surface area contributed by atoms with Crippen molar-refractivity contribution in [2.75, 3.05) is 33.4 Å². The summed E-state index contributed by atoms with van der Waals surface area (Å²) in [6.07, 6.45) is 5.43. The Morgan fingerprint density at radius 2 is 2.11 bits per heavy atom. The van der Waals surface area contributed by atoms with E-state index in [2.05, 4.69) is 24.1 Å². The van der Waals surface area contributed by atoms with Crippen molar-refractivity contribution in [1.82, 2.24) is 10.2 Å². The van der Waals surface area contributed by atoms with Gasteiger partial charge in [0.15, 0.2) is 0 Å². The molecule has 4 unspecified atom stereocenters. The first-order valence-electron chi connectivity index (χ1n) is 7.71. The highest BCUT2D eigenvalue weighted by molar-refractivity contribution is 4.93. The Hall–Kier alpha value is -0.120. The Labute approximate surface area is 112 Å². The molecule has 1 heterocycles. The fourth-order valence-electron chi connectivity index (χ4n) is 3.79. The number of ether oxygens (including phenoxy) is 1. The average Bonchev–Trinajstić information content (AvgIpc) is 2.81. The topological polar surface area (TPSA) is 24.5 Å². The molecule has 1 saturated carbocycles. The van der Waals surface area contributed by atoms with E-state index < -0.39 is 0 Å². The zero-order valence-electron chi connectivity index (χ0n) is 12.3. The van der Waals surface area contributed by atoms with E-state index in [0.29, 0.717) is 6.04 Å². The van der Waals surface area contributed by atoms with Crippen molar-refractivity contribution in [3.8, 4) is 0 Å². The molecule has 106 valence electrons. The van der Waals surface area contributed by atoms with Gasteiger partial charge in [0, 0.05) is 25.7 Å². The number of hydrogen-bond acceptors (Lipinski definition) is 3. The van der Waals surface area contributed by atoms with Crippen molar-refractivity contribution in [2.24, 2.45) is 11.8 Å². The molecule has 18 heavy (non-hydrogen) atoms. The molecule has 0 aromatic rings. The van der Waals surface area contributed by atoms with Gasteiger partial charge in [-0.05, 0) is 50.6 Å². The normalized spacial score (nSPS) is 38.2. The minimum atomic E-state index is 0.715. The summed E-state index contributed by atoms with van der Waals surface area (Å²) in [4.78, 5) is 2.73. The summed E-state index contributed by atoms with van der Waals surface area (Å²) in [5, 5.41) is 3.71. The molecule has 4 atom stereocenters. The molecule has 0 bridgehead atoms. The second-order valence-electron chi connectivity index (χ2n) is 6.25. The lowest BCUT2D eigenvalue weighted by molar-refractivity contribution is 0.108. The van der Waals surface area contributed by atoms with Crippen molar-refractivity contribution >= 4 is 0 Å². The van der Waals surface area contributed by atoms with Gasteiger partial charge in [-0.1, -0.05) is 13.8 Å². The molecule has 3 heteroatoms. The lowest BCUT2D eigenvalue weighted by Gasteiger charge is -2.41. The van der Waals surface area contributed by atoms with E-state index >= 15 is 0 Å². The second kappa shape index (κ2) is 6.88. The van der Waals surface area contributed by atoms with Gasteiger partial charge < -0.3 is 10.1 Å². The van der Waals surface area contributed by atoms with Gasteiger partial charge in [0.2, 0.25) is 0 Å². The maximum Gasteiger partial charge on any atom is 0.0503 e. The van der Waals surface area contributed by atoms with Gasteiger partial charge in [-0.2, -0.15) is 0 Å². The monoisotopic (exact) mass is 254 g/mol. The van der Waals surface area contributed by atoms with Crippen molar-refractivity contribution in [2.45, 2.75) is 51.6 Å². The minimum absolute atomic E-state index is 0.715. The fraction of sp³-hybridized carbons (Fsp3) is 1.00. The largest absolute Gasteiger partial charge is 0.384 e. The average molecular weight is 254 g/mol. The second-order valence-corrected chi connectivity index (χ2v) is 6.25. The van der Waals surface area contributed by atoms with Crippen LogP contribution >= 0.6 is 0 Å². The predicted octanol–water partition coefficient (Wildman–Crippen LogP) is 2.12. The molecule has 2 aliphatic rings. The first-order valence-corrected chi connectivity index (χ1v) is 7.71. The van der Waals surface area contributed by atoms with Gasteiger partial charge in [0.25, 0.3) is 0 Å². The number of nitrogens with one attached hydrogen (secondary N) is 1. The first kappa shape index (κ1) is 14.3. The van der Waals surface area contributed by atoms with E-state index in [4.69, 9.17) is 4.74 Å². The van der Waals surface area contributed by atoms with E-state index in [9.17, 15) is 0 Å². The zero-order chi connectivity index (χ0) is 13.0. The molecule has 0 aromatic heterocycles. The van der Waals surface area contributed by atoms with E-state index in [1.54, 1.807) is 0 Å². The van der Waals surface area contributed by atoms with Crippen LogP contribution < -0.4 is 5.32 Å². The summed E-state index contributed by atoms with van der Waals surface area (Å²) in [5.74, 6) is 1.65. The standard InChI is InChI=1S/C15H30N2O/c1-4-16-14-6-5-12(2)9-15(14)17-8-7-13(10-17)11-18-3/h12-16H,4-11H2,1-3H3. The van der Waals surface area contributed by atoms with Crippen LogP contribution in [-0.2, 0) is 4.74 Å². The van der Waals surface area contributed by atoms with Gasteiger partial charge in [0.05, 0.1) is 6.61 Å². The van der Waals surface area contributed by atoms with Crippen molar-refractivity contribution in [3.63, 3.8) is 0 Å². The molecule has 2 rings (SSSR count). The molecule has 1 saturated heterocycles. The Morgan fingerprint density at radius 3 is 2.83 bits per heavy atom. The smallest absolute Gasteiger partial charge is 0.0503 e. The Bertz CT molecular complexity index is 247. The summed E-state index contributed by atoms with van der Waals surface area (Å²) in [5.41, 5.74) is 0. The lowest BCUT2D eigenvalue weighted by Crippen LogP contribution is -2.52. The molecule has 3 nitrogen and oxygen atoms in total. The van der Waals surface area contributed by atoms with Crippen LogP contribution in [-0.4, -0.2) is 50.3 Å². The number of rotatable bonds is 5. The van der Waals surface area contributed by atoms with Crippen LogP contribution in [0.3, 0.4) is 0 Å². The number of likely N-dealkylation sites (tertiary alicyclic amines) is 1. The highest BCUT2D eigenvalue weighted by atomic mass is 16.5. The third kappa shape index (κ3) is 3.46. The Morgan fingerprint density at radius 1 is 1.28 bits per heavy atom. The molecule has 0 radical (unpaired) electrons. The van der Waals surface area contributed by atoms with Crippen molar-refractivity contribution in [1.29, 1.82) is 0 Å². The molecule has 0 aromatic carbocycles. The van der Waals surface area contributed by atoms with Crippen LogP contribution in [0.15, 0.2) is 0 Å². The third-order valence-electron chi connectivity index (χ3n) is 4.73. The maximum atomic E-state index is 5.31. The van der Waals surface area contributed by atoms with Crippen LogP contribution in [0.2, 0.25) is 0 Å². The minimum Gasteiger partial charge on any atom is -0.384 e. The first-order chi connectivity index (χ1) is 8.74. The molecule has 2 fully saturated rings. The number of hydrogen-bond donors (Lipinski definition) is 1. The quantitative estimate of drug-likeness (QED) is 0.813. The predicted molar refractivity (Wildman–Crippen MR) is 75.8 cm³/mol. The maximum absolute atomic E-state index is 5.31. The Kier molecular flexibility index (Phi) is 5.46. The van der Waals surface area contributed by atoms with Crippen LogP contribution in [0.1, 0.15) is 39.5 Å². The molecule has 1 aliphatic carbocycles. The summed E-state index contributed by atoms with van der Waals surface area (Å²) in [6, 6.07) is 1.48. The number of likely N-dealkylation sites (N-methyl/N-ethyl adjacent to an activating group) is 1. The van der Waals surface area contributed by atoms with E-state index in [1.165, 1.54) is 38.8 Å². The fourth-order valence-corrected chi connectivity index (χ4v) is 3.79. The molecule has 0 amide bonds. The van der Waals surface area contributed by atoms with Crippen LogP contribution in [0.25, 0.3) is 0 Å². The molecule has 1 N–H and O–H groups in total. The van der Waals surface area contributed by atoms with Gasteiger partial charge in [-0.3, -0.25) is 4.90 Å². The number of nitrogens with zero attached hydrogens (tertiary/aromatic N) is 1. The van der Waals surface area contributed by atoms with E-state index in [0.717, 1.165) is 31.0 Å². The lowest BCUT2D eigenvalue weighted by atomic mass is 9.82. The highest BCUT2D eigenvalue weighted by Gasteiger charge is 2.35. The summed E-state index contributed by atoms with van der Waals surface area (Å²) in [6.45, 7) is 9.20. The molecular formula is C15H30N2O. The Balaban J connectivity index is 1.91. The van der Waals surface area contributed by atoms with Crippen molar-refractivity contribution < 1.29 is 4.74 Å². The van der Waals surface area contributed by atoms with Crippen LogP contribution in [0.4, 0.5) is 0 Å². The van der Waals surface area contributed by atoms with E-state index in [-0.39, 0.29) is 0 Å². The highest BCUT2D eigenvalue weighted by Crippen LogP contribution is 2.31. The molecule has 1 aliphatic heterocycles. The SMILES string of the molecule is CCNC1CCC(C)CC1N1CCC(COC)C1. The third-order valence-corrected chi connectivity index (χ3v) is 4.73. The van der Waals surface area contributed by atoms with Crippen LogP contribution in [0, 0.1) is 11.8 Å². The summed E-state index contributed by atoms with van der Waals surface area (Å²) in [7, 11) is 1.83.